The van der Waals surface area contributed by atoms with Crippen LogP contribution >= 0.6 is 0 Å². The minimum atomic E-state index is -0.140. The molecule has 0 bridgehead atoms. The average molecular weight is 394 g/mol. The van der Waals surface area contributed by atoms with Gasteiger partial charge in [0.05, 0.1) is 29.3 Å². The molecule has 0 atom stereocenters. The zero-order chi connectivity index (χ0) is 19.6. The number of aryl methyl sites for hydroxylation is 1. The average Bonchev–Trinajstić information content (AvgIpc) is 3.49. The summed E-state index contributed by atoms with van der Waals surface area (Å²) in [6.07, 6.45) is 14.4. The van der Waals surface area contributed by atoms with Gasteiger partial charge in [-0.15, -0.1) is 10.2 Å². The van der Waals surface area contributed by atoms with Gasteiger partial charge in [0.25, 0.3) is 5.91 Å². The van der Waals surface area contributed by atoms with Crippen molar-refractivity contribution in [2.45, 2.75) is 70.4 Å². The SMILES string of the molecule is O=C(Nc1cnn(Cc2nnc3n2CCCC3)c1)c1cn[nH]c1C1CCCCC1. The maximum Gasteiger partial charge on any atom is 0.259 e. The molecule has 9 nitrogen and oxygen atoms in total. The number of nitrogens with one attached hydrogen (secondary N) is 2. The standard InChI is InChI=1S/C20H26N8O/c29-20(16-11-21-26-19(16)14-6-2-1-3-7-14)23-15-10-22-27(12-15)13-18-25-24-17-8-4-5-9-28(17)18/h10-12,14H,1-9,13H2,(H,21,26)(H,23,29). The quantitative estimate of drug-likeness (QED) is 0.692. The van der Waals surface area contributed by atoms with Crippen molar-refractivity contribution in [2.24, 2.45) is 0 Å². The largest absolute Gasteiger partial charge is 0.319 e. The minimum Gasteiger partial charge on any atom is -0.319 e. The molecule has 4 heterocycles. The molecule has 1 aliphatic heterocycles. The number of carbonyl (C=O) groups is 1. The smallest absolute Gasteiger partial charge is 0.259 e. The first-order chi connectivity index (χ1) is 14.3. The molecule has 0 radical (unpaired) electrons. The second-order valence-corrected chi connectivity index (χ2v) is 8.05. The van der Waals surface area contributed by atoms with E-state index in [9.17, 15) is 4.79 Å². The number of carbonyl (C=O) groups excluding carboxylic acids is 1. The Bertz CT molecular complexity index is 994. The zero-order valence-electron chi connectivity index (χ0n) is 16.5. The summed E-state index contributed by atoms with van der Waals surface area (Å²) in [5, 5.41) is 23.1. The number of fused-ring (bicyclic) bond motifs is 1. The highest BCUT2D eigenvalue weighted by atomic mass is 16.1. The number of H-pyrrole nitrogens is 1. The summed E-state index contributed by atoms with van der Waals surface area (Å²) >= 11 is 0. The van der Waals surface area contributed by atoms with Gasteiger partial charge in [-0.05, 0) is 25.7 Å². The Balaban J connectivity index is 1.27. The van der Waals surface area contributed by atoms with Crippen molar-refractivity contribution in [3.05, 3.63) is 41.5 Å². The van der Waals surface area contributed by atoms with Crippen molar-refractivity contribution in [1.29, 1.82) is 0 Å². The molecule has 3 aromatic rings. The molecule has 1 saturated carbocycles. The maximum absolute atomic E-state index is 12.8. The molecule has 0 aromatic carbocycles. The van der Waals surface area contributed by atoms with Gasteiger partial charge in [0, 0.05) is 25.1 Å². The maximum atomic E-state index is 12.8. The molecule has 152 valence electrons. The molecule has 2 aliphatic rings. The van der Waals surface area contributed by atoms with E-state index >= 15 is 0 Å². The van der Waals surface area contributed by atoms with Crippen LogP contribution in [0.5, 0.6) is 0 Å². The number of amides is 1. The topological polar surface area (TPSA) is 106 Å². The third kappa shape index (κ3) is 3.68. The Morgan fingerprint density at radius 1 is 1.14 bits per heavy atom. The first kappa shape index (κ1) is 18.1. The van der Waals surface area contributed by atoms with E-state index in [-0.39, 0.29) is 5.91 Å². The van der Waals surface area contributed by atoms with Gasteiger partial charge < -0.3 is 9.88 Å². The summed E-state index contributed by atoms with van der Waals surface area (Å²) in [5.41, 5.74) is 2.27. The van der Waals surface area contributed by atoms with Gasteiger partial charge in [-0.3, -0.25) is 14.6 Å². The van der Waals surface area contributed by atoms with E-state index in [1.807, 2.05) is 6.20 Å². The Morgan fingerprint density at radius 2 is 2.03 bits per heavy atom. The number of aromatic nitrogens is 7. The van der Waals surface area contributed by atoms with Crippen molar-refractivity contribution >= 4 is 11.6 Å². The molecule has 1 fully saturated rings. The van der Waals surface area contributed by atoms with E-state index in [0.717, 1.165) is 49.6 Å². The van der Waals surface area contributed by atoms with Crippen molar-refractivity contribution < 1.29 is 4.79 Å². The van der Waals surface area contributed by atoms with Gasteiger partial charge in [-0.25, -0.2) is 0 Å². The molecule has 0 spiro atoms. The zero-order valence-corrected chi connectivity index (χ0v) is 16.5. The van der Waals surface area contributed by atoms with Gasteiger partial charge in [-0.2, -0.15) is 10.2 Å². The molecule has 5 rings (SSSR count). The molecular weight excluding hydrogens is 368 g/mol. The second kappa shape index (κ2) is 7.81. The van der Waals surface area contributed by atoms with E-state index in [0.29, 0.717) is 23.7 Å². The van der Waals surface area contributed by atoms with Gasteiger partial charge >= 0.3 is 0 Å². The van der Waals surface area contributed by atoms with Crippen LogP contribution in [-0.2, 0) is 19.5 Å². The van der Waals surface area contributed by atoms with Crippen LogP contribution < -0.4 is 5.32 Å². The monoisotopic (exact) mass is 394 g/mol. The normalized spacial score (nSPS) is 17.2. The summed E-state index contributed by atoms with van der Waals surface area (Å²) in [6.45, 7) is 1.51. The first-order valence-corrected chi connectivity index (χ1v) is 10.6. The summed E-state index contributed by atoms with van der Waals surface area (Å²) in [4.78, 5) is 12.8. The molecule has 0 saturated heterocycles. The number of rotatable bonds is 5. The number of nitrogens with zero attached hydrogens (tertiary/aromatic N) is 6. The van der Waals surface area contributed by atoms with E-state index in [1.165, 1.54) is 25.7 Å². The summed E-state index contributed by atoms with van der Waals surface area (Å²) in [7, 11) is 0. The Labute approximate surface area is 168 Å². The Morgan fingerprint density at radius 3 is 2.93 bits per heavy atom. The van der Waals surface area contributed by atoms with Crippen molar-refractivity contribution in [1.82, 2.24) is 34.7 Å². The van der Waals surface area contributed by atoms with Crippen LogP contribution in [0.4, 0.5) is 5.69 Å². The highest BCUT2D eigenvalue weighted by Crippen LogP contribution is 2.33. The summed E-state index contributed by atoms with van der Waals surface area (Å²) in [5.74, 6) is 2.23. The molecule has 3 aromatic heterocycles. The highest BCUT2D eigenvalue weighted by molar-refractivity contribution is 6.04. The fourth-order valence-electron chi connectivity index (χ4n) is 4.52. The van der Waals surface area contributed by atoms with Gasteiger partial charge in [-0.1, -0.05) is 19.3 Å². The number of anilines is 1. The summed E-state index contributed by atoms with van der Waals surface area (Å²) in [6, 6.07) is 0. The summed E-state index contributed by atoms with van der Waals surface area (Å²) < 4.78 is 3.98. The van der Waals surface area contributed by atoms with E-state index < -0.39 is 0 Å². The Kier molecular flexibility index (Phi) is 4.87. The third-order valence-electron chi connectivity index (χ3n) is 6.06. The third-order valence-corrected chi connectivity index (χ3v) is 6.06. The molecular formula is C20H26N8O. The lowest BCUT2D eigenvalue weighted by molar-refractivity contribution is 0.102. The fourth-order valence-corrected chi connectivity index (χ4v) is 4.52. The van der Waals surface area contributed by atoms with Crippen LogP contribution in [0.25, 0.3) is 0 Å². The number of hydrogen-bond donors (Lipinski definition) is 2. The van der Waals surface area contributed by atoms with Crippen LogP contribution in [0.2, 0.25) is 0 Å². The number of hydrogen-bond acceptors (Lipinski definition) is 5. The molecule has 0 unspecified atom stereocenters. The van der Waals surface area contributed by atoms with Crippen molar-refractivity contribution in [3.63, 3.8) is 0 Å². The van der Waals surface area contributed by atoms with Crippen LogP contribution in [0.3, 0.4) is 0 Å². The predicted octanol–water partition coefficient (Wildman–Crippen LogP) is 2.88. The van der Waals surface area contributed by atoms with E-state index in [4.69, 9.17) is 0 Å². The molecule has 29 heavy (non-hydrogen) atoms. The van der Waals surface area contributed by atoms with E-state index in [1.54, 1.807) is 17.1 Å². The lowest BCUT2D eigenvalue weighted by Gasteiger charge is -2.21. The van der Waals surface area contributed by atoms with Gasteiger partial charge in [0.1, 0.15) is 12.4 Å². The highest BCUT2D eigenvalue weighted by Gasteiger charge is 2.24. The van der Waals surface area contributed by atoms with Crippen LogP contribution in [0, 0.1) is 0 Å². The minimum absolute atomic E-state index is 0.140. The fraction of sp³-hybridized carbons (Fsp3) is 0.550. The molecule has 1 amide bonds. The van der Waals surface area contributed by atoms with E-state index in [2.05, 4.69) is 35.4 Å². The molecule has 1 aliphatic carbocycles. The predicted molar refractivity (Wildman–Crippen MR) is 107 cm³/mol. The van der Waals surface area contributed by atoms with Crippen LogP contribution in [-0.4, -0.2) is 40.6 Å². The van der Waals surface area contributed by atoms with Gasteiger partial charge in [0.2, 0.25) is 0 Å². The number of aromatic amines is 1. The lowest BCUT2D eigenvalue weighted by Crippen LogP contribution is -2.16. The molecule has 9 heteroatoms. The van der Waals surface area contributed by atoms with Crippen molar-refractivity contribution in [3.8, 4) is 0 Å². The van der Waals surface area contributed by atoms with Crippen molar-refractivity contribution in [2.75, 3.05) is 5.32 Å². The first-order valence-electron chi connectivity index (χ1n) is 10.6. The molecule has 2 N–H and O–H groups in total. The van der Waals surface area contributed by atoms with Gasteiger partial charge in [0.15, 0.2) is 5.82 Å². The lowest BCUT2D eigenvalue weighted by atomic mass is 9.85. The van der Waals surface area contributed by atoms with Crippen LogP contribution in [0.15, 0.2) is 18.6 Å². The second-order valence-electron chi connectivity index (χ2n) is 8.05. The van der Waals surface area contributed by atoms with Crippen LogP contribution in [0.1, 0.15) is 78.6 Å². The Hall–Kier alpha value is -2.97.